The molecule has 0 saturated carbocycles. The van der Waals surface area contributed by atoms with E-state index in [1.165, 1.54) is 0 Å². The number of rotatable bonds is 2. The molecule has 0 bridgehead atoms. The predicted octanol–water partition coefficient (Wildman–Crippen LogP) is 16.0. The lowest BCUT2D eigenvalue weighted by Gasteiger charge is -2.34. The van der Waals surface area contributed by atoms with Crippen molar-refractivity contribution >= 4 is 245 Å². The van der Waals surface area contributed by atoms with Gasteiger partial charge in [-0.05, 0) is 57.6 Å². The van der Waals surface area contributed by atoms with E-state index in [0.717, 1.165) is 21.2 Å². The molecule has 2 aliphatic rings. The SMILES string of the molecule is O=C(OC(=O)C1(Cl)CC=c2ccc(Cl)c3c2c1c1c(Cl)cc(Br)c2c(Br)cc(Cl)c3c21)C1(Cl)CC=c2ccc(Cl)c3c2c1c1c(Cl)cc(Br)c2c(Br)cc(Cl)c3c21. The Morgan fingerprint density at radius 1 is 0.439 bits per heavy atom. The van der Waals surface area contributed by atoms with Gasteiger partial charge in [0.1, 0.15) is 0 Å². The molecule has 15 heteroatoms. The van der Waals surface area contributed by atoms with Crippen LogP contribution in [0.25, 0.3) is 76.8 Å². The number of hydrogen-bond acceptors (Lipinski definition) is 3. The van der Waals surface area contributed by atoms with Crippen LogP contribution in [0.4, 0.5) is 0 Å². The maximum Gasteiger partial charge on any atom is 0.339 e. The molecule has 0 N–H and O–H groups in total. The molecule has 0 radical (unpaired) electrons. The highest BCUT2D eigenvalue weighted by atomic mass is 79.9. The summed E-state index contributed by atoms with van der Waals surface area (Å²) in [6, 6.07) is 14.2. The second-order valence-electron chi connectivity index (χ2n) is 14.0. The smallest absolute Gasteiger partial charge is 0.339 e. The first-order valence-corrected chi connectivity index (χ1v) is 23.0. The number of benzene rings is 8. The van der Waals surface area contributed by atoms with Crippen LogP contribution in [0.5, 0.6) is 0 Å². The van der Waals surface area contributed by atoms with Crippen molar-refractivity contribution in [2.45, 2.75) is 22.6 Å². The van der Waals surface area contributed by atoms with Gasteiger partial charge in [-0.1, -0.05) is 158 Å². The molecule has 2 atom stereocenters. The summed E-state index contributed by atoms with van der Waals surface area (Å²) in [5.74, 6) is -2.11. The van der Waals surface area contributed by atoms with Crippen LogP contribution in [0.2, 0.25) is 30.1 Å². The largest absolute Gasteiger partial charge is 0.390 e. The fraction of sp³-hybridized carbons (Fsp3) is 0.0952. The maximum absolute atomic E-state index is 14.9. The third-order valence-electron chi connectivity index (χ3n) is 11.1. The van der Waals surface area contributed by atoms with Crippen LogP contribution in [0.15, 0.2) is 66.4 Å². The monoisotopic (exact) mass is 1160 g/mol. The van der Waals surface area contributed by atoms with Gasteiger partial charge < -0.3 is 4.74 Å². The molecule has 0 fully saturated rings. The molecule has 3 nitrogen and oxygen atoms in total. The zero-order valence-electron chi connectivity index (χ0n) is 27.9. The summed E-state index contributed by atoms with van der Waals surface area (Å²) in [6.45, 7) is 0. The van der Waals surface area contributed by atoms with Crippen molar-refractivity contribution < 1.29 is 14.3 Å². The minimum atomic E-state index is -1.98. The van der Waals surface area contributed by atoms with Gasteiger partial charge in [-0.3, -0.25) is 0 Å². The number of halogens is 12. The van der Waals surface area contributed by atoms with Crippen molar-refractivity contribution in [3.05, 3.63) is 118 Å². The van der Waals surface area contributed by atoms with Crippen molar-refractivity contribution in [3.8, 4) is 0 Å². The molecular weight excluding hydrogens is 1160 g/mol. The van der Waals surface area contributed by atoms with Gasteiger partial charge >= 0.3 is 11.9 Å². The van der Waals surface area contributed by atoms with Gasteiger partial charge in [0, 0.05) is 116 Å². The second kappa shape index (κ2) is 13.6. The van der Waals surface area contributed by atoms with Crippen molar-refractivity contribution in [2.24, 2.45) is 0 Å². The van der Waals surface area contributed by atoms with E-state index in [9.17, 15) is 9.59 Å². The van der Waals surface area contributed by atoms with E-state index >= 15 is 0 Å². The molecule has 2 unspecified atom stereocenters. The normalized spacial score (nSPS) is 18.9. The molecular formula is C42H14Br4Cl8O3. The summed E-state index contributed by atoms with van der Waals surface area (Å²) >= 11 is 72.0. The van der Waals surface area contributed by atoms with Gasteiger partial charge in [-0.25, -0.2) is 9.59 Å². The standard InChI is InChI=1S/C42H14Br4Cl8O3/c43-15-9-21(49)31-29-19(47)3-1-13-5-7-41(53,37(25(13)29)33-23(51)11-17(45)27(15)35(31)33)39(55)57-40(56)42(54)8-6-14-2-4-20(48)30-26(14)38(42)34-24(52)12-18(46)28-16(44)10-22(50)32(30)36(28)34/h1-6,9-12H,7-8H2. The first-order valence-electron chi connectivity index (χ1n) is 16.8. The lowest BCUT2D eigenvalue weighted by atomic mass is 9.79. The van der Waals surface area contributed by atoms with Crippen molar-refractivity contribution in [2.75, 3.05) is 0 Å². The lowest BCUT2D eigenvalue weighted by Crippen LogP contribution is -2.42. The molecule has 0 aliphatic heterocycles. The Kier molecular flexibility index (Phi) is 9.50. The quantitative estimate of drug-likeness (QED) is 0.0570. The van der Waals surface area contributed by atoms with E-state index in [1.807, 2.05) is 12.1 Å². The van der Waals surface area contributed by atoms with Crippen LogP contribution in [-0.2, 0) is 24.1 Å². The number of carbonyl (C=O) groups is 2. The average molecular weight is 1170 g/mol. The third kappa shape index (κ3) is 5.34. The molecule has 0 spiro atoms. The Morgan fingerprint density at radius 2 is 0.754 bits per heavy atom. The Balaban J connectivity index is 1.22. The maximum atomic E-state index is 14.9. The topological polar surface area (TPSA) is 43.4 Å². The van der Waals surface area contributed by atoms with E-state index in [2.05, 4.69) is 63.7 Å². The number of esters is 2. The van der Waals surface area contributed by atoms with Gasteiger partial charge in [0.25, 0.3) is 0 Å². The zero-order valence-corrected chi connectivity index (χ0v) is 40.3. The minimum Gasteiger partial charge on any atom is -0.390 e. The third-order valence-corrected chi connectivity index (χ3v) is 16.4. The van der Waals surface area contributed by atoms with Crippen LogP contribution in [0.1, 0.15) is 24.0 Å². The fourth-order valence-electron chi connectivity index (χ4n) is 8.85. The van der Waals surface area contributed by atoms with E-state index in [4.69, 9.17) is 97.5 Å². The van der Waals surface area contributed by atoms with Crippen LogP contribution in [0, 0.1) is 0 Å². The Hall–Kier alpha value is -1.30. The highest BCUT2D eigenvalue weighted by Crippen LogP contribution is 2.56. The second-order valence-corrected chi connectivity index (χ2v) is 21.1. The summed E-state index contributed by atoms with van der Waals surface area (Å²) in [5, 5.41) is 10.8. The van der Waals surface area contributed by atoms with Crippen LogP contribution >= 0.6 is 157 Å². The number of hydrogen-bond donors (Lipinski definition) is 0. The van der Waals surface area contributed by atoms with Gasteiger partial charge in [-0.15, -0.1) is 23.2 Å². The minimum absolute atomic E-state index is 0.0608. The van der Waals surface area contributed by atoms with E-state index in [-0.39, 0.29) is 22.9 Å². The van der Waals surface area contributed by atoms with Crippen molar-refractivity contribution in [3.63, 3.8) is 0 Å². The summed E-state index contributed by atoms with van der Waals surface area (Å²) in [7, 11) is 0. The molecule has 8 aromatic carbocycles. The number of ether oxygens (including phenoxy) is 1. The first-order chi connectivity index (χ1) is 27.0. The van der Waals surface area contributed by atoms with E-state index in [1.54, 1.807) is 48.6 Å². The van der Waals surface area contributed by atoms with Gasteiger partial charge in [0.05, 0.1) is 10.0 Å². The van der Waals surface area contributed by atoms with E-state index < -0.39 is 21.7 Å². The van der Waals surface area contributed by atoms with Crippen molar-refractivity contribution in [1.82, 2.24) is 0 Å². The van der Waals surface area contributed by atoms with Crippen molar-refractivity contribution in [1.29, 1.82) is 0 Å². The fourth-order valence-corrected chi connectivity index (χ4v) is 14.8. The number of carbonyl (C=O) groups excluding carboxylic acids is 2. The molecule has 284 valence electrons. The summed E-state index contributed by atoms with van der Waals surface area (Å²) in [6.07, 6.45) is 3.49. The van der Waals surface area contributed by atoms with Crippen LogP contribution < -0.4 is 10.4 Å². The van der Waals surface area contributed by atoms with E-state index in [0.29, 0.717) is 103 Å². The van der Waals surface area contributed by atoms with Crippen LogP contribution in [-0.4, -0.2) is 11.9 Å². The van der Waals surface area contributed by atoms with Crippen LogP contribution in [0.3, 0.4) is 0 Å². The lowest BCUT2D eigenvalue weighted by molar-refractivity contribution is -0.163. The predicted molar refractivity (Wildman–Crippen MR) is 254 cm³/mol. The molecule has 0 saturated heterocycles. The van der Waals surface area contributed by atoms with Gasteiger partial charge in [0.15, 0.2) is 9.75 Å². The average Bonchev–Trinajstić information content (AvgIpc) is 3.14. The Bertz CT molecular complexity index is 3190. The molecule has 0 aromatic heterocycles. The number of alkyl halides is 2. The highest BCUT2D eigenvalue weighted by Gasteiger charge is 2.51. The first kappa shape index (κ1) is 39.8. The van der Waals surface area contributed by atoms with Gasteiger partial charge in [-0.2, -0.15) is 0 Å². The number of fused-ring (bicyclic) bond motifs is 4. The Labute approximate surface area is 395 Å². The molecule has 0 heterocycles. The summed E-state index contributed by atoms with van der Waals surface area (Å²) in [4.78, 5) is 25.9. The highest BCUT2D eigenvalue weighted by molar-refractivity contribution is 9.11. The molecule has 10 rings (SSSR count). The Morgan fingerprint density at radius 3 is 1.11 bits per heavy atom. The van der Waals surface area contributed by atoms with Gasteiger partial charge in [0.2, 0.25) is 0 Å². The zero-order chi connectivity index (χ0) is 40.4. The molecule has 0 amide bonds. The molecule has 2 aliphatic carbocycles. The summed E-state index contributed by atoms with van der Waals surface area (Å²) in [5.41, 5.74) is 0.659. The molecule has 8 aromatic rings. The summed E-state index contributed by atoms with van der Waals surface area (Å²) < 4.78 is 8.63. The molecule has 57 heavy (non-hydrogen) atoms.